The summed E-state index contributed by atoms with van der Waals surface area (Å²) in [5, 5.41) is 13.3. The van der Waals surface area contributed by atoms with E-state index in [0.717, 1.165) is 37.9 Å². The van der Waals surface area contributed by atoms with Crippen LogP contribution in [0.3, 0.4) is 0 Å². The fourth-order valence-corrected chi connectivity index (χ4v) is 2.83. The van der Waals surface area contributed by atoms with Gasteiger partial charge in [0.1, 0.15) is 11.9 Å². The van der Waals surface area contributed by atoms with Crippen LogP contribution in [0.5, 0.6) is 5.75 Å². The third-order valence-corrected chi connectivity index (χ3v) is 4.00. The lowest BCUT2D eigenvalue weighted by molar-refractivity contribution is 0.00615. The van der Waals surface area contributed by atoms with Crippen molar-refractivity contribution in [2.24, 2.45) is 0 Å². The number of nitrogens with one attached hydrogen (secondary N) is 1. The Morgan fingerprint density at radius 2 is 2.05 bits per heavy atom. The number of aliphatic hydroxyl groups is 1. The molecule has 1 aromatic carbocycles. The normalized spacial score (nSPS) is 25.0. The van der Waals surface area contributed by atoms with Crippen LogP contribution < -0.4 is 10.1 Å². The Labute approximate surface area is 116 Å². The Morgan fingerprint density at radius 3 is 2.74 bits per heavy atom. The van der Waals surface area contributed by atoms with Crippen LogP contribution in [0.15, 0.2) is 24.3 Å². The molecular weight excluding hydrogens is 238 g/mol. The monoisotopic (exact) mass is 263 g/mol. The van der Waals surface area contributed by atoms with Gasteiger partial charge in [0.05, 0.1) is 6.10 Å². The molecule has 0 spiro atoms. The van der Waals surface area contributed by atoms with Crippen molar-refractivity contribution in [2.45, 2.75) is 57.3 Å². The Bertz CT molecular complexity index is 390. The maximum Gasteiger partial charge on any atom is 0.124 e. The van der Waals surface area contributed by atoms with E-state index >= 15 is 0 Å². The van der Waals surface area contributed by atoms with Crippen molar-refractivity contribution in [3.8, 4) is 5.75 Å². The molecule has 1 aliphatic rings. The molecule has 0 amide bonds. The molecule has 3 atom stereocenters. The second kappa shape index (κ2) is 6.92. The molecular formula is C16H25NO2. The van der Waals surface area contributed by atoms with Crippen LogP contribution >= 0.6 is 0 Å². The van der Waals surface area contributed by atoms with Crippen LogP contribution in [-0.2, 0) is 0 Å². The van der Waals surface area contributed by atoms with Gasteiger partial charge in [-0.05, 0) is 38.8 Å². The van der Waals surface area contributed by atoms with Gasteiger partial charge in [-0.3, -0.25) is 0 Å². The maximum absolute atomic E-state index is 10.0. The number of hydrogen-bond acceptors (Lipinski definition) is 3. The summed E-state index contributed by atoms with van der Waals surface area (Å²) in [5.41, 5.74) is 1.19. The Hall–Kier alpha value is -1.06. The SMILES string of the molecule is CCC(NC)c1ccccc1OC1CCCCC1O. The third kappa shape index (κ3) is 3.48. The van der Waals surface area contributed by atoms with Crippen LogP contribution in [0.4, 0.5) is 0 Å². The lowest BCUT2D eigenvalue weighted by atomic mass is 9.94. The standard InChI is InChI=1S/C16H25NO2/c1-3-13(17-2)12-8-4-6-10-15(12)19-16-11-7-5-9-14(16)18/h4,6,8,10,13-14,16-18H,3,5,7,9,11H2,1-2H3. The molecule has 1 saturated carbocycles. The molecule has 19 heavy (non-hydrogen) atoms. The van der Waals surface area contributed by atoms with Crippen molar-refractivity contribution in [1.82, 2.24) is 5.32 Å². The molecule has 3 unspecified atom stereocenters. The lowest BCUT2D eigenvalue weighted by Crippen LogP contribution is -2.35. The van der Waals surface area contributed by atoms with Gasteiger partial charge in [0, 0.05) is 11.6 Å². The highest BCUT2D eigenvalue weighted by Gasteiger charge is 2.25. The first-order valence-electron chi connectivity index (χ1n) is 7.37. The predicted molar refractivity (Wildman–Crippen MR) is 77.4 cm³/mol. The summed E-state index contributed by atoms with van der Waals surface area (Å²) < 4.78 is 6.09. The zero-order chi connectivity index (χ0) is 13.7. The molecule has 0 saturated heterocycles. The topological polar surface area (TPSA) is 41.5 Å². The van der Waals surface area contributed by atoms with E-state index in [1.165, 1.54) is 5.56 Å². The van der Waals surface area contributed by atoms with Gasteiger partial charge < -0.3 is 15.2 Å². The van der Waals surface area contributed by atoms with Gasteiger partial charge >= 0.3 is 0 Å². The van der Waals surface area contributed by atoms with E-state index in [4.69, 9.17) is 4.74 Å². The van der Waals surface area contributed by atoms with E-state index in [-0.39, 0.29) is 12.2 Å². The highest BCUT2D eigenvalue weighted by molar-refractivity contribution is 5.36. The van der Waals surface area contributed by atoms with Gasteiger partial charge in [-0.2, -0.15) is 0 Å². The number of hydrogen-bond donors (Lipinski definition) is 2. The lowest BCUT2D eigenvalue weighted by Gasteiger charge is -2.30. The van der Waals surface area contributed by atoms with Gasteiger partial charge in [0.2, 0.25) is 0 Å². The largest absolute Gasteiger partial charge is 0.487 e. The summed E-state index contributed by atoms with van der Waals surface area (Å²) >= 11 is 0. The number of rotatable bonds is 5. The van der Waals surface area contributed by atoms with Gasteiger partial charge in [0.25, 0.3) is 0 Å². The minimum Gasteiger partial charge on any atom is -0.487 e. The average molecular weight is 263 g/mol. The number of aliphatic hydroxyl groups excluding tert-OH is 1. The highest BCUT2D eigenvalue weighted by Crippen LogP contribution is 2.30. The van der Waals surface area contributed by atoms with E-state index in [1.54, 1.807) is 0 Å². The van der Waals surface area contributed by atoms with Crippen LogP contribution in [0.1, 0.15) is 50.6 Å². The molecule has 0 bridgehead atoms. The van der Waals surface area contributed by atoms with Gasteiger partial charge in [-0.1, -0.05) is 31.5 Å². The minimum atomic E-state index is -0.323. The van der Waals surface area contributed by atoms with Crippen LogP contribution in [0, 0.1) is 0 Å². The van der Waals surface area contributed by atoms with Crippen LogP contribution in [-0.4, -0.2) is 24.4 Å². The number of para-hydroxylation sites is 1. The Morgan fingerprint density at radius 1 is 1.32 bits per heavy atom. The molecule has 0 heterocycles. The predicted octanol–water partition coefficient (Wildman–Crippen LogP) is 3.04. The van der Waals surface area contributed by atoms with E-state index in [9.17, 15) is 5.11 Å². The first-order chi connectivity index (χ1) is 9.26. The van der Waals surface area contributed by atoms with E-state index in [1.807, 2.05) is 25.2 Å². The maximum atomic E-state index is 10.0. The number of benzene rings is 1. The first kappa shape index (κ1) is 14.4. The average Bonchev–Trinajstić information content (AvgIpc) is 2.44. The second-order valence-electron chi connectivity index (χ2n) is 5.30. The summed E-state index contributed by atoms with van der Waals surface area (Å²) in [6.45, 7) is 2.16. The van der Waals surface area contributed by atoms with Crippen LogP contribution in [0.2, 0.25) is 0 Å². The fraction of sp³-hybridized carbons (Fsp3) is 0.625. The summed E-state index contributed by atoms with van der Waals surface area (Å²) in [4.78, 5) is 0. The zero-order valence-electron chi connectivity index (χ0n) is 11.9. The van der Waals surface area contributed by atoms with Crippen molar-refractivity contribution >= 4 is 0 Å². The molecule has 3 heteroatoms. The molecule has 106 valence electrons. The second-order valence-corrected chi connectivity index (χ2v) is 5.30. The zero-order valence-corrected chi connectivity index (χ0v) is 11.9. The molecule has 1 aliphatic carbocycles. The van der Waals surface area contributed by atoms with Crippen molar-refractivity contribution < 1.29 is 9.84 Å². The van der Waals surface area contributed by atoms with Gasteiger partial charge in [-0.25, -0.2) is 0 Å². The molecule has 3 nitrogen and oxygen atoms in total. The summed E-state index contributed by atoms with van der Waals surface area (Å²) in [5.74, 6) is 0.912. The van der Waals surface area contributed by atoms with E-state index in [2.05, 4.69) is 18.3 Å². The van der Waals surface area contributed by atoms with Gasteiger partial charge in [-0.15, -0.1) is 0 Å². The third-order valence-electron chi connectivity index (χ3n) is 4.00. The van der Waals surface area contributed by atoms with Crippen LogP contribution in [0.25, 0.3) is 0 Å². The summed E-state index contributed by atoms with van der Waals surface area (Å²) in [7, 11) is 1.97. The minimum absolute atomic E-state index is 0.0516. The van der Waals surface area contributed by atoms with Crippen molar-refractivity contribution in [3.63, 3.8) is 0 Å². The van der Waals surface area contributed by atoms with Crippen molar-refractivity contribution in [2.75, 3.05) is 7.05 Å². The fourth-order valence-electron chi connectivity index (χ4n) is 2.83. The first-order valence-corrected chi connectivity index (χ1v) is 7.37. The quantitative estimate of drug-likeness (QED) is 0.858. The highest BCUT2D eigenvalue weighted by atomic mass is 16.5. The molecule has 0 aliphatic heterocycles. The molecule has 0 radical (unpaired) electrons. The molecule has 2 N–H and O–H groups in total. The summed E-state index contributed by atoms with van der Waals surface area (Å²) in [6.07, 6.45) is 4.70. The van der Waals surface area contributed by atoms with Crippen molar-refractivity contribution in [3.05, 3.63) is 29.8 Å². The number of ether oxygens (including phenoxy) is 1. The van der Waals surface area contributed by atoms with Crippen molar-refractivity contribution in [1.29, 1.82) is 0 Å². The van der Waals surface area contributed by atoms with Gasteiger partial charge in [0.15, 0.2) is 0 Å². The summed E-state index contributed by atoms with van der Waals surface area (Å²) in [6, 6.07) is 8.46. The smallest absolute Gasteiger partial charge is 0.124 e. The molecule has 0 aromatic heterocycles. The Kier molecular flexibility index (Phi) is 5.23. The molecule has 2 rings (SSSR count). The van der Waals surface area contributed by atoms with E-state index < -0.39 is 0 Å². The Balaban J connectivity index is 2.15. The van der Waals surface area contributed by atoms with E-state index in [0.29, 0.717) is 6.04 Å². The molecule has 1 fully saturated rings. The molecule has 1 aromatic rings.